The quantitative estimate of drug-likeness (QED) is 0.768. The molecule has 0 fully saturated rings. The first-order valence-corrected chi connectivity index (χ1v) is 10.4. The lowest BCUT2D eigenvalue weighted by Crippen LogP contribution is -2.42. The second-order valence-corrected chi connectivity index (χ2v) is 9.34. The van der Waals surface area contributed by atoms with Gasteiger partial charge in [-0.2, -0.15) is 4.31 Å². The summed E-state index contributed by atoms with van der Waals surface area (Å²) in [4.78, 5) is 0. The van der Waals surface area contributed by atoms with Gasteiger partial charge in [-0.1, -0.05) is 13.0 Å². The van der Waals surface area contributed by atoms with Gasteiger partial charge < -0.3 is 0 Å². The van der Waals surface area contributed by atoms with Crippen LogP contribution in [0.25, 0.3) is 0 Å². The normalized spacial score (nSPS) is 14.6. The zero-order valence-electron chi connectivity index (χ0n) is 11.7. The van der Waals surface area contributed by atoms with Crippen molar-refractivity contribution >= 4 is 31.4 Å². The Hall–Kier alpha value is -0.480. The summed E-state index contributed by atoms with van der Waals surface area (Å²) in [6.07, 6.45) is 1.80. The Kier molecular flexibility index (Phi) is 6.14. The van der Waals surface area contributed by atoms with E-state index in [1.54, 1.807) is 18.4 Å². The third-order valence-electron chi connectivity index (χ3n) is 2.89. The highest BCUT2D eigenvalue weighted by atomic mass is 32.2. The molecule has 116 valence electrons. The van der Waals surface area contributed by atoms with Gasteiger partial charge in [0.05, 0.1) is 6.26 Å². The lowest BCUT2D eigenvalue weighted by Gasteiger charge is -2.25. The summed E-state index contributed by atoms with van der Waals surface area (Å²) in [5.41, 5.74) is 0. The molecular weight excluding hydrogens is 320 g/mol. The summed E-state index contributed by atoms with van der Waals surface area (Å²) in [6.45, 7) is 3.86. The SMILES string of the molecule is CCC(C)N(CCNS(=O)(=O)c1cccs1)S(C)(=O)=O. The minimum Gasteiger partial charge on any atom is -0.212 e. The molecule has 0 aromatic carbocycles. The maximum Gasteiger partial charge on any atom is 0.250 e. The number of nitrogens with zero attached hydrogens (tertiary/aromatic N) is 1. The van der Waals surface area contributed by atoms with Crippen molar-refractivity contribution in [2.24, 2.45) is 0 Å². The average molecular weight is 340 g/mol. The highest BCUT2D eigenvalue weighted by molar-refractivity contribution is 7.91. The molecule has 1 heterocycles. The predicted octanol–water partition coefficient (Wildman–Crippen LogP) is 1.09. The van der Waals surface area contributed by atoms with Crippen molar-refractivity contribution in [1.82, 2.24) is 9.03 Å². The van der Waals surface area contributed by atoms with Gasteiger partial charge in [-0.3, -0.25) is 0 Å². The van der Waals surface area contributed by atoms with E-state index in [0.29, 0.717) is 6.42 Å². The molecule has 1 N–H and O–H groups in total. The molecule has 0 aliphatic carbocycles. The van der Waals surface area contributed by atoms with Crippen LogP contribution in [-0.2, 0) is 20.0 Å². The fourth-order valence-corrected chi connectivity index (χ4v) is 4.98. The Morgan fingerprint density at radius 3 is 2.45 bits per heavy atom. The third-order valence-corrected chi connectivity index (χ3v) is 7.15. The van der Waals surface area contributed by atoms with Crippen LogP contribution in [0.15, 0.2) is 21.7 Å². The number of hydrogen-bond donors (Lipinski definition) is 1. The van der Waals surface area contributed by atoms with E-state index in [4.69, 9.17) is 0 Å². The Labute approximate surface area is 124 Å². The minimum absolute atomic E-state index is 0.0532. The van der Waals surface area contributed by atoms with Crippen LogP contribution in [-0.4, -0.2) is 46.5 Å². The lowest BCUT2D eigenvalue weighted by atomic mass is 10.2. The molecule has 0 saturated carbocycles. The molecule has 9 heteroatoms. The van der Waals surface area contributed by atoms with Crippen molar-refractivity contribution in [1.29, 1.82) is 0 Å². The second kappa shape index (κ2) is 6.99. The lowest BCUT2D eigenvalue weighted by molar-refractivity contribution is 0.335. The molecule has 20 heavy (non-hydrogen) atoms. The highest BCUT2D eigenvalue weighted by Gasteiger charge is 2.23. The molecular formula is C11H20N2O4S3. The fraction of sp³-hybridized carbons (Fsp3) is 0.636. The van der Waals surface area contributed by atoms with Gasteiger partial charge in [0.1, 0.15) is 4.21 Å². The van der Waals surface area contributed by atoms with Gasteiger partial charge in [-0.15, -0.1) is 11.3 Å². The van der Waals surface area contributed by atoms with Gasteiger partial charge in [-0.05, 0) is 24.8 Å². The molecule has 1 rings (SSSR count). The minimum atomic E-state index is -3.54. The first-order valence-electron chi connectivity index (χ1n) is 6.18. The smallest absolute Gasteiger partial charge is 0.212 e. The Balaban J connectivity index is 2.66. The Bertz CT molecular complexity index is 608. The van der Waals surface area contributed by atoms with Crippen LogP contribution in [0.1, 0.15) is 20.3 Å². The van der Waals surface area contributed by atoms with Crippen molar-refractivity contribution in [2.45, 2.75) is 30.5 Å². The molecule has 1 unspecified atom stereocenters. The van der Waals surface area contributed by atoms with Crippen molar-refractivity contribution < 1.29 is 16.8 Å². The van der Waals surface area contributed by atoms with E-state index in [9.17, 15) is 16.8 Å². The van der Waals surface area contributed by atoms with Crippen molar-refractivity contribution in [3.8, 4) is 0 Å². The zero-order valence-corrected chi connectivity index (χ0v) is 14.2. The van der Waals surface area contributed by atoms with Crippen molar-refractivity contribution in [2.75, 3.05) is 19.3 Å². The van der Waals surface area contributed by atoms with E-state index in [1.807, 2.05) is 6.92 Å². The van der Waals surface area contributed by atoms with Gasteiger partial charge in [0.25, 0.3) is 0 Å². The number of nitrogens with one attached hydrogen (secondary N) is 1. The van der Waals surface area contributed by atoms with E-state index in [-0.39, 0.29) is 23.3 Å². The van der Waals surface area contributed by atoms with Gasteiger partial charge in [0.2, 0.25) is 20.0 Å². The Morgan fingerprint density at radius 1 is 1.35 bits per heavy atom. The highest BCUT2D eigenvalue weighted by Crippen LogP contribution is 2.15. The van der Waals surface area contributed by atoms with Crippen LogP contribution in [0.4, 0.5) is 0 Å². The molecule has 0 aliphatic heterocycles. The molecule has 1 atom stereocenters. The molecule has 0 bridgehead atoms. The molecule has 0 spiro atoms. The zero-order chi connectivity index (χ0) is 15.4. The maximum absolute atomic E-state index is 11.9. The van der Waals surface area contributed by atoms with Gasteiger partial charge in [-0.25, -0.2) is 21.6 Å². The van der Waals surface area contributed by atoms with Crippen molar-refractivity contribution in [3.05, 3.63) is 17.5 Å². The van der Waals surface area contributed by atoms with E-state index >= 15 is 0 Å². The molecule has 1 aromatic heterocycles. The van der Waals surface area contributed by atoms with Crippen LogP contribution in [0.3, 0.4) is 0 Å². The van der Waals surface area contributed by atoms with Gasteiger partial charge >= 0.3 is 0 Å². The standard InChI is InChI=1S/C11H20N2O4S3/c1-4-10(2)13(19(3,14)15)8-7-12-20(16,17)11-6-5-9-18-11/h5-6,9-10,12H,4,7-8H2,1-3H3. The average Bonchev–Trinajstić information content (AvgIpc) is 2.86. The summed E-state index contributed by atoms with van der Waals surface area (Å²) in [5, 5.41) is 1.68. The summed E-state index contributed by atoms with van der Waals surface area (Å²) in [5.74, 6) is 0. The van der Waals surface area contributed by atoms with Gasteiger partial charge in [0.15, 0.2) is 0 Å². The molecule has 6 nitrogen and oxygen atoms in total. The first-order chi connectivity index (χ1) is 9.18. The number of thiophene rings is 1. The van der Waals surface area contributed by atoms with Crippen LogP contribution < -0.4 is 4.72 Å². The van der Waals surface area contributed by atoms with Crippen LogP contribution in [0.2, 0.25) is 0 Å². The van der Waals surface area contributed by atoms with E-state index in [0.717, 1.165) is 17.6 Å². The molecule has 0 saturated heterocycles. The van der Waals surface area contributed by atoms with Crippen molar-refractivity contribution in [3.63, 3.8) is 0 Å². The van der Waals surface area contributed by atoms with Crippen LogP contribution in [0, 0.1) is 0 Å². The van der Waals surface area contributed by atoms with E-state index in [1.165, 1.54) is 10.4 Å². The largest absolute Gasteiger partial charge is 0.250 e. The Morgan fingerprint density at radius 2 is 2.00 bits per heavy atom. The number of rotatable bonds is 8. The topological polar surface area (TPSA) is 83.6 Å². The van der Waals surface area contributed by atoms with Crippen LogP contribution >= 0.6 is 11.3 Å². The molecule has 0 amide bonds. The van der Waals surface area contributed by atoms with Crippen LogP contribution in [0.5, 0.6) is 0 Å². The second-order valence-electron chi connectivity index (χ2n) is 4.46. The molecule has 0 aliphatic rings. The van der Waals surface area contributed by atoms with Gasteiger partial charge in [0, 0.05) is 19.1 Å². The van der Waals surface area contributed by atoms with E-state index in [2.05, 4.69) is 4.72 Å². The summed E-state index contributed by atoms with van der Waals surface area (Å²) in [6, 6.07) is 3.01. The summed E-state index contributed by atoms with van der Waals surface area (Å²) >= 11 is 1.12. The summed E-state index contributed by atoms with van der Waals surface area (Å²) in [7, 11) is -6.89. The third kappa shape index (κ3) is 4.81. The monoisotopic (exact) mass is 340 g/mol. The molecule has 1 aromatic rings. The first kappa shape index (κ1) is 17.6. The number of sulfonamides is 2. The van der Waals surface area contributed by atoms with E-state index < -0.39 is 20.0 Å². The molecule has 0 radical (unpaired) electrons. The maximum atomic E-state index is 11.9. The fourth-order valence-electron chi connectivity index (χ4n) is 1.69. The predicted molar refractivity (Wildman–Crippen MR) is 80.8 cm³/mol. The summed E-state index contributed by atoms with van der Waals surface area (Å²) < 4.78 is 51.1. The number of hydrogen-bond acceptors (Lipinski definition) is 5.